The maximum Gasteiger partial charge on any atom is 0.407 e. The summed E-state index contributed by atoms with van der Waals surface area (Å²) in [5.74, 6) is -0.334. The van der Waals surface area contributed by atoms with E-state index in [-0.39, 0.29) is 12.0 Å². The molecule has 3 rings (SSSR count). The third-order valence-corrected chi connectivity index (χ3v) is 4.36. The fourth-order valence-electron chi connectivity index (χ4n) is 3.28. The smallest absolute Gasteiger partial charge is 0.407 e. The second-order valence-electron chi connectivity index (χ2n) is 5.60. The molecule has 0 spiro atoms. The summed E-state index contributed by atoms with van der Waals surface area (Å²) in [4.78, 5) is 26.3. The van der Waals surface area contributed by atoms with Crippen LogP contribution in [0, 0.1) is 0 Å². The molecule has 2 aliphatic rings. The van der Waals surface area contributed by atoms with Crippen molar-refractivity contribution in [1.29, 1.82) is 0 Å². The molecule has 6 nitrogen and oxygen atoms in total. The van der Waals surface area contributed by atoms with E-state index in [1.165, 1.54) is 7.11 Å². The number of benzene rings is 1. The zero-order valence-corrected chi connectivity index (χ0v) is 11.9. The predicted molar refractivity (Wildman–Crippen MR) is 75.1 cm³/mol. The number of likely N-dealkylation sites (tertiary alicyclic amines) is 2. The van der Waals surface area contributed by atoms with E-state index in [0.29, 0.717) is 18.2 Å². The lowest BCUT2D eigenvalue weighted by atomic mass is 10.1. The molecule has 1 N–H and O–H groups in total. The molecule has 6 heteroatoms. The molecule has 2 aliphatic heterocycles. The Balaban J connectivity index is 1.62. The Kier molecular flexibility index (Phi) is 3.55. The van der Waals surface area contributed by atoms with Crippen LogP contribution in [0.5, 0.6) is 0 Å². The summed E-state index contributed by atoms with van der Waals surface area (Å²) < 4.78 is 4.67. The lowest BCUT2D eigenvalue weighted by Crippen LogP contribution is -2.47. The Morgan fingerprint density at radius 2 is 1.95 bits per heavy atom. The minimum atomic E-state index is -0.815. The van der Waals surface area contributed by atoms with Crippen LogP contribution in [-0.2, 0) is 11.3 Å². The van der Waals surface area contributed by atoms with Crippen LogP contribution in [-0.4, -0.2) is 59.3 Å². The Hall–Kier alpha value is -2.08. The van der Waals surface area contributed by atoms with Gasteiger partial charge in [0.1, 0.15) is 0 Å². The van der Waals surface area contributed by atoms with Crippen LogP contribution in [0.2, 0.25) is 0 Å². The summed E-state index contributed by atoms with van der Waals surface area (Å²) >= 11 is 0. The second-order valence-corrected chi connectivity index (χ2v) is 5.60. The molecule has 0 aromatic heterocycles. The first-order valence-corrected chi connectivity index (χ1v) is 6.99. The van der Waals surface area contributed by atoms with Gasteiger partial charge < -0.3 is 14.7 Å². The Morgan fingerprint density at radius 1 is 1.24 bits per heavy atom. The molecular formula is C15H18N2O4. The largest absolute Gasteiger partial charge is 0.465 e. The number of amides is 1. The number of ether oxygens (including phenoxy) is 1. The van der Waals surface area contributed by atoms with Gasteiger partial charge in [0.15, 0.2) is 0 Å². The van der Waals surface area contributed by atoms with Gasteiger partial charge in [-0.05, 0) is 24.1 Å². The maximum atomic E-state index is 11.4. The van der Waals surface area contributed by atoms with Crippen LogP contribution in [0.25, 0.3) is 0 Å². The van der Waals surface area contributed by atoms with Gasteiger partial charge >= 0.3 is 12.1 Å². The molecule has 2 saturated heterocycles. The molecule has 0 aliphatic carbocycles. The number of rotatable bonds is 3. The number of esters is 1. The molecule has 21 heavy (non-hydrogen) atoms. The highest BCUT2D eigenvalue weighted by Crippen LogP contribution is 2.31. The Labute approximate surface area is 122 Å². The zero-order valence-electron chi connectivity index (χ0n) is 11.9. The summed E-state index contributed by atoms with van der Waals surface area (Å²) in [5.41, 5.74) is 1.67. The van der Waals surface area contributed by atoms with E-state index in [2.05, 4.69) is 9.64 Å². The third kappa shape index (κ3) is 2.58. The minimum Gasteiger partial charge on any atom is -0.465 e. The van der Waals surface area contributed by atoms with Crippen molar-refractivity contribution in [3.63, 3.8) is 0 Å². The number of methoxy groups -OCH3 is 1. The van der Waals surface area contributed by atoms with E-state index < -0.39 is 6.09 Å². The van der Waals surface area contributed by atoms with E-state index in [9.17, 15) is 9.59 Å². The van der Waals surface area contributed by atoms with Crippen LogP contribution in [0.1, 0.15) is 22.3 Å². The van der Waals surface area contributed by atoms with Gasteiger partial charge in [0.05, 0.1) is 12.7 Å². The molecule has 2 heterocycles. The number of nitrogens with zero attached hydrogens (tertiary/aromatic N) is 2. The van der Waals surface area contributed by atoms with Crippen molar-refractivity contribution in [3.05, 3.63) is 35.4 Å². The predicted octanol–water partition coefficient (Wildman–Crippen LogP) is 1.41. The number of carbonyl (C=O) groups excluding carboxylic acids is 1. The van der Waals surface area contributed by atoms with Gasteiger partial charge in [-0.3, -0.25) is 4.90 Å². The van der Waals surface area contributed by atoms with Gasteiger partial charge in [0, 0.05) is 31.7 Å². The lowest BCUT2D eigenvalue weighted by molar-refractivity contribution is 0.0600. The highest BCUT2D eigenvalue weighted by atomic mass is 16.5. The Bertz CT molecular complexity index is 557. The minimum absolute atomic E-state index is 0.127. The molecule has 2 bridgehead atoms. The normalized spacial score (nSPS) is 24.3. The fourth-order valence-corrected chi connectivity index (χ4v) is 3.28. The lowest BCUT2D eigenvalue weighted by Gasteiger charge is -2.32. The summed E-state index contributed by atoms with van der Waals surface area (Å²) in [6.07, 6.45) is 0.108. The number of hydrogen-bond donors (Lipinski definition) is 1. The molecule has 1 amide bonds. The molecule has 2 atom stereocenters. The van der Waals surface area contributed by atoms with Gasteiger partial charge in [-0.15, -0.1) is 0 Å². The van der Waals surface area contributed by atoms with E-state index in [1.54, 1.807) is 17.0 Å². The van der Waals surface area contributed by atoms with Crippen LogP contribution >= 0.6 is 0 Å². The monoisotopic (exact) mass is 290 g/mol. The first-order chi connectivity index (χ1) is 10.1. The van der Waals surface area contributed by atoms with Crippen LogP contribution in [0.3, 0.4) is 0 Å². The topological polar surface area (TPSA) is 70.1 Å². The standard InChI is InChI=1S/C15H18N2O4/c1-21-14(18)11-4-2-10(3-5-11)7-16-8-13-6-12(16)9-17(13)15(19)20/h2-5,12-13H,6-9H2,1H3,(H,19,20)/t12-,13-/m0/s1. The summed E-state index contributed by atoms with van der Waals surface area (Å²) in [6, 6.07) is 7.81. The van der Waals surface area contributed by atoms with Gasteiger partial charge in [-0.1, -0.05) is 12.1 Å². The van der Waals surface area contributed by atoms with Crippen molar-refractivity contribution < 1.29 is 19.4 Å². The van der Waals surface area contributed by atoms with Gasteiger partial charge in [0.2, 0.25) is 0 Å². The maximum absolute atomic E-state index is 11.4. The molecular weight excluding hydrogens is 272 g/mol. The second kappa shape index (κ2) is 5.37. The van der Waals surface area contributed by atoms with Gasteiger partial charge in [-0.2, -0.15) is 0 Å². The van der Waals surface area contributed by atoms with Crippen molar-refractivity contribution >= 4 is 12.1 Å². The number of carboxylic acid groups (broad SMARTS) is 1. The van der Waals surface area contributed by atoms with Gasteiger partial charge in [-0.25, -0.2) is 9.59 Å². The SMILES string of the molecule is COC(=O)c1ccc(CN2C[C@@H]3C[C@H]2CN3C(=O)O)cc1. The van der Waals surface area contributed by atoms with Crippen molar-refractivity contribution in [3.8, 4) is 0 Å². The van der Waals surface area contributed by atoms with Gasteiger partial charge in [0.25, 0.3) is 0 Å². The van der Waals surface area contributed by atoms with Crippen molar-refractivity contribution in [2.75, 3.05) is 20.2 Å². The average molecular weight is 290 g/mol. The zero-order chi connectivity index (χ0) is 15.0. The number of carbonyl (C=O) groups is 2. The molecule has 2 fully saturated rings. The third-order valence-electron chi connectivity index (χ3n) is 4.36. The Morgan fingerprint density at radius 3 is 2.48 bits per heavy atom. The first-order valence-electron chi connectivity index (χ1n) is 6.99. The summed E-state index contributed by atoms with van der Waals surface area (Å²) in [6.45, 7) is 2.17. The number of hydrogen-bond acceptors (Lipinski definition) is 4. The average Bonchev–Trinajstić information content (AvgIpc) is 3.07. The van der Waals surface area contributed by atoms with E-state index in [1.807, 2.05) is 12.1 Å². The fraction of sp³-hybridized carbons (Fsp3) is 0.467. The highest BCUT2D eigenvalue weighted by Gasteiger charge is 2.45. The first kappa shape index (κ1) is 13.9. The van der Waals surface area contributed by atoms with Crippen LogP contribution in [0.4, 0.5) is 4.79 Å². The number of fused-ring (bicyclic) bond motifs is 2. The molecule has 1 aromatic rings. The highest BCUT2D eigenvalue weighted by molar-refractivity contribution is 5.89. The van der Waals surface area contributed by atoms with E-state index in [4.69, 9.17) is 5.11 Å². The molecule has 0 saturated carbocycles. The van der Waals surface area contributed by atoms with Crippen molar-refractivity contribution in [2.24, 2.45) is 0 Å². The van der Waals surface area contributed by atoms with E-state index in [0.717, 1.165) is 25.1 Å². The quantitative estimate of drug-likeness (QED) is 0.852. The van der Waals surface area contributed by atoms with Crippen LogP contribution in [0.15, 0.2) is 24.3 Å². The van der Waals surface area contributed by atoms with Crippen LogP contribution < -0.4 is 0 Å². The molecule has 0 radical (unpaired) electrons. The molecule has 1 aromatic carbocycles. The van der Waals surface area contributed by atoms with Crippen molar-refractivity contribution in [1.82, 2.24) is 9.80 Å². The number of piperazine rings is 1. The van der Waals surface area contributed by atoms with Crippen molar-refractivity contribution in [2.45, 2.75) is 25.0 Å². The summed E-state index contributed by atoms with van der Waals surface area (Å²) in [7, 11) is 1.37. The van der Waals surface area contributed by atoms with E-state index >= 15 is 0 Å². The molecule has 112 valence electrons. The summed E-state index contributed by atoms with van der Waals surface area (Å²) in [5, 5.41) is 9.08. The molecule has 0 unspecified atom stereocenters.